The Balaban J connectivity index is 1.80. The molecule has 0 aliphatic carbocycles. The van der Waals surface area contributed by atoms with Crippen LogP contribution in [0.4, 0.5) is 10.1 Å². The Kier molecular flexibility index (Phi) is 3.88. The van der Waals surface area contributed by atoms with E-state index >= 15 is 0 Å². The standard InChI is InChI=1S/C15H13BrFNO3/c16-10-6-13-14(21-5-4-20-13)7-12(10)18-8-9-2-1-3-11(17)15(9)19/h1-3,6-7,18-19H,4-5,8H2. The minimum absolute atomic E-state index is 0.293. The summed E-state index contributed by atoms with van der Waals surface area (Å²) in [6.07, 6.45) is 0. The fraction of sp³-hybridized carbons (Fsp3) is 0.200. The molecule has 2 aromatic carbocycles. The minimum Gasteiger partial charge on any atom is -0.505 e. The van der Waals surface area contributed by atoms with E-state index in [1.165, 1.54) is 6.07 Å². The van der Waals surface area contributed by atoms with Gasteiger partial charge in [-0.2, -0.15) is 0 Å². The summed E-state index contributed by atoms with van der Waals surface area (Å²) in [7, 11) is 0. The Morgan fingerprint density at radius 3 is 2.67 bits per heavy atom. The van der Waals surface area contributed by atoms with Gasteiger partial charge in [-0.25, -0.2) is 4.39 Å². The average molecular weight is 354 g/mol. The number of aromatic hydroxyl groups is 1. The molecule has 1 aliphatic heterocycles. The van der Waals surface area contributed by atoms with Crippen molar-refractivity contribution in [3.63, 3.8) is 0 Å². The van der Waals surface area contributed by atoms with E-state index in [4.69, 9.17) is 9.47 Å². The van der Waals surface area contributed by atoms with E-state index in [0.717, 1.165) is 10.2 Å². The second-order valence-electron chi connectivity index (χ2n) is 4.58. The summed E-state index contributed by atoms with van der Waals surface area (Å²) >= 11 is 3.45. The van der Waals surface area contributed by atoms with Crippen molar-refractivity contribution in [2.75, 3.05) is 18.5 Å². The predicted molar refractivity (Wildman–Crippen MR) is 80.5 cm³/mol. The first kappa shape index (κ1) is 14.0. The molecule has 1 aliphatic rings. The average Bonchev–Trinajstić information content (AvgIpc) is 2.49. The molecule has 4 nitrogen and oxygen atoms in total. The van der Waals surface area contributed by atoms with Crippen LogP contribution in [0.25, 0.3) is 0 Å². The number of phenolic OH excluding ortho intramolecular Hbond substituents is 1. The van der Waals surface area contributed by atoms with Crippen LogP contribution in [0.1, 0.15) is 5.56 Å². The monoisotopic (exact) mass is 353 g/mol. The van der Waals surface area contributed by atoms with Crippen molar-refractivity contribution in [2.24, 2.45) is 0 Å². The van der Waals surface area contributed by atoms with E-state index in [1.54, 1.807) is 12.1 Å². The summed E-state index contributed by atoms with van der Waals surface area (Å²) in [5, 5.41) is 12.8. The lowest BCUT2D eigenvalue weighted by atomic mass is 10.2. The maximum Gasteiger partial charge on any atom is 0.165 e. The van der Waals surface area contributed by atoms with Crippen LogP contribution in [-0.4, -0.2) is 18.3 Å². The summed E-state index contributed by atoms with van der Waals surface area (Å²) in [5.41, 5.74) is 1.26. The number of phenols is 1. The van der Waals surface area contributed by atoms with Crippen LogP contribution in [0.3, 0.4) is 0 Å². The van der Waals surface area contributed by atoms with Crippen LogP contribution in [-0.2, 0) is 6.54 Å². The molecule has 0 amide bonds. The second kappa shape index (κ2) is 5.81. The Labute approximate surface area is 129 Å². The molecule has 21 heavy (non-hydrogen) atoms. The van der Waals surface area contributed by atoms with E-state index in [9.17, 15) is 9.50 Å². The first-order chi connectivity index (χ1) is 10.1. The van der Waals surface area contributed by atoms with Gasteiger partial charge in [0, 0.05) is 28.7 Å². The van der Waals surface area contributed by atoms with E-state index in [2.05, 4.69) is 21.2 Å². The van der Waals surface area contributed by atoms with E-state index < -0.39 is 5.82 Å². The van der Waals surface area contributed by atoms with Crippen molar-refractivity contribution in [2.45, 2.75) is 6.54 Å². The number of halogens is 2. The van der Waals surface area contributed by atoms with Crippen LogP contribution in [0.2, 0.25) is 0 Å². The molecule has 3 rings (SSSR count). The van der Waals surface area contributed by atoms with Crippen molar-refractivity contribution in [1.82, 2.24) is 0 Å². The number of ether oxygens (including phenoxy) is 2. The van der Waals surface area contributed by atoms with Crippen LogP contribution < -0.4 is 14.8 Å². The van der Waals surface area contributed by atoms with Crippen molar-refractivity contribution in [3.05, 3.63) is 46.2 Å². The van der Waals surface area contributed by atoms with Crippen molar-refractivity contribution in [3.8, 4) is 17.2 Å². The second-order valence-corrected chi connectivity index (χ2v) is 5.43. The number of anilines is 1. The van der Waals surface area contributed by atoms with Crippen LogP contribution >= 0.6 is 15.9 Å². The Morgan fingerprint density at radius 1 is 1.19 bits per heavy atom. The molecule has 0 saturated heterocycles. The number of hydrogen-bond acceptors (Lipinski definition) is 4. The molecule has 0 aromatic heterocycles. The molecule has 0 spiro atoms. The quantitative estimate of drug-likeness (QED) is 0.883. The van der Waals surface area contributed by atoms with Gasteiger partial charge in [-0.05, 0) is 22.0 Å². The molecule has 0 bridgehead atoms. The molecule has 2 N–H and O–H groups in total. The molecule has 6 heteroatoms. The van der Waals surface area contributed by atoms with E-state index in [0.29, 0.717) is 36.8 Å². The van der Waals surface area contributed by atoms with Gasteiger partial charge in [0.25, 0.3) is 0 Å². The Morgan fingerprint density at radius 2 is 1.90 bits per heavy atom. The zero-order valence-electron chi connectivity index (χ0n) is 11.0. The Bertz CT molecular complexity index is 678. The van der Waals surface area contributed by atoms with Crippen molar-refractivity contribution < 1.29 is 19.0 Å². The minimum atomic E-state index is -0.629. The topological polar surface area (TPSA) is 50.7 Å². The van der Waals surface area contributed by atoms with Crippen molar-refractivity contribution >= 4 is 21.6 Å². The highest BCUT2D eigenvalue weighted by Crippen LogP contribution is 2.38. The van der Waals surface area contributed by atoms with Crippen LogP contribution in [0.5, 0.6) is 17.2 Å². The molecule has 110 valence electrons. The van der Waals surface area contributed by atoms with Crippen molar-refractivity contribution in [1.29, 1.82) is 0 Å². The number of fused-ring (bicyclic) bond motifs is 1. The van der Waals surface area contributed by atoms with Gasteiger partial charge in [0.2, 0.25) is 0 Å². The van der Waals surface area contributed by atoms with Gasteiger partial charge in [-0.15, -0.1) is 0 Å². The molecule has 0 unspecified atom stereocenters. The highest BCUT2D eigenvalue weighted by atomic mass is 79.9. The fourth-order valence-corrected chi connectivity index (χ4v) is 2.56. The summed E-state index contributed by atoms with van der Waals surface area (Å²) in [6, 6.07) is 8.08. The third kappa shape index (κ3) is 2.90. The van der Waals surface area contributed by atoms with Crippen LogP contribution in [0.15, 0.2) is 34.8 Å². The Hall–Kier alpha value is -1.95. The third-order valence-corrected chi connectivity index (χ3v) is 3.83. The SMILES string of the molecule is Oc1c(F)cccc1CNc1cc2c(cc1Br)OCCO2. The summed E-state index contributed by atoms with van der Waals surface area (Å²) in [6.45, 7) is 1.34. The number of hydrogen-bond donors (Lipinski definition) is 2. The highest BCUT2D eigenvalue weighted by Gasteiger charge is 2.15. The lowest BCUT2D eigenvalue weighted by Gasteiger charge is -2.20. The predicted octanol–water partition coefficient (Wildman–Crippen LogP) is 3.68. The normalized spacial score (nSPS) is 13.0. The van der Waals surface area contributed by atoms with Gasteiger partial charge in [0.1, 0.15) is 13.2 Å². The molecule has 0 fully saturated rings. The van der Waals surface area contributed by atoms with E-state index in [-0.39, 0.29) is 5.75 Å². The molecule has 1 heterocycles. The third-order valence-electron chi connectivity index (χ3n) is 3.17. The molecular formula is C15H13BrFNO3. The van der Waals surface area contributed by atoms with Gasteiger partial charge in [-0.1, -0.05) is 12.1 Å². The lowest BCUT2D eigenvalue weighted by molar-refractivity contribution is 0.171. The number of para-hydroxylation sites is 1. The molecule has 2 aromatic rings. The van der Waals surface area contributed by atoms with Gasteiger partial charge in [0.05, 0.1) is 5.69 Å². The summed E-state index contributed by atoms with van der Waals surface area (Å²) in [5.74, 6) is 0.386. The molecule has 0 radical (unpaired) electrons. The largest absolute Gasteiger partial charge is 0.505 e. The maximum absolute atomic E-state index is 13.3. The molecular weight excluding hydrogens is 341 g/mol. The lowest BCUT2D eigenvalue weighted by Crippen LogP contribution is -2.15. The molecule has 0 atom stereocenters. The first-order valence-corrected chi connectivity index (χ1v) is 7.24. The fourth-order valence-electron chi connectivity index (χ4n) is 2.09. The van der Waals surface area contributed by atoms with Crippen LogP contribution in [0, 0.1) is 5.82 Å². The van der Waals surface area contributed by atoms with Gasteiger partial charge in [-0.3, -0.25) is 0 Å². The zero-order chi connectivity index (χ0) is 14.8. The zero-order valence-corrected chi connectivity index (χ0v) is 12.6. The summed E-state index contributed by atoms with van der Waals surface area (Å²) < 4.78 is 25.1. The van der Waals surface area contributed by atoms with Gasteiger partial charge >= 0.3 is 0 Å². The highest BCUT2D eigenvalue weighted by molar-refractivity contribution is 9.10. The van der Waals surface area contributed by atoms with Gasteiger partial charge in [0.15, 0.2) is 23.1 Å². The smallest absolute Gasteiger partial charge is 0.165 e. The number of nitrogens with one attached hydrogen (secondary N) is 1. The van der Waals surface area contributed by atoms with E-state index in [1.807, 2.05) is 12.1 Å². The first-order valence-electron chi connectivity index (χ1n) is 6.44. The van der Waals surface area contributed by atoms with Gasteiger partial charge < -0.3 is 19.9 Å². The summed E-state index contributed by atoms with van der Waals surface area (Å²) in [4.78, 5) is 0. The maximum atomic E-state index is 13.3. The number of benzene rings is 2. The number of rotatable bonds is 3. The molecule has 0 saturated carbocycles.